The Bertz CT molecular complexity index is 843. The number of aromatic hydroxyl groups is 1. The number of phenolic OH excluding ortho intramolecular Hbond substituents is 1. The van der Waals surface area contributed by atoms with Crippen LogP contribution in [0.2, 0.25) is 5.02 Å². The molecule has 1 aliphatic rings. The molecule has 0 saturated carbocycles. The zero-order chi connectivity index (χ0) is 19.2. The number of nitrogens with one attached hydrogen (secondary N) is 1. The van der Waals surface area contributed by atoms with Gasteiger partial charge in [-0.1, -0.05) is 39.7 Å². The average Bonchev–Trinajstić information content (AvgIpc) is 3.19. The second-order valence-electron chi connectivity index (χ2n) is 5.55. The second kappa shape index (κ2) is 9.73. The predicted octanol–water partition coefficient (Wildman–Crippen LogP) is 4.82. The lowest BCUT2D eigenvalue weighted by molar-refractivity contribution is -0.123. The summed E-state index contributed by atoms with van der Waals surface area (Å²) in [5.41, 5.74) is 4.00. The van der Waals surface area contributed by atoms with Gasteiger partial charge < -0.3 is 9.84 Å². The molecule has 9 heteroatoms. The third-order valence-corrected chi connectivity index (χ3v) is 7.44. The number of nitrogens with zero attached hydrogens (tertiary/aromatic N) is 1. The molecule has 2 N–H and O–H groups in total. The topological polar surface area (TPSA) is 70.9 Å². The number of halogens is 2. The van der Waals surface area contributed by atoms with Gasteiger partial charge in [0.15, 0.2) is 6.61 Å². The van der Waals surface area contributed by atoms with E-state index in [9.17, 15) is 9.90 Å². The van der Waals surface area contributed by atoms with Crippen molar-refractivity contribution in [2.24, 2.45) is 5.10 Å². The highest BCUT2D eigenvalue weighted by atomic mass is 79.9. The number of phenols is 1. The van der Waals surface area contributed by atoms with Crippen LogP contribution in [0.1, 0.15) is 15.7 Å². The van der Waals surface area contributed by atoms with Crippen LogP contribution in [0.5, 0.6) is 11.5 Å². The number of benzene rings is 2. The van der Waals surface area contributed by atoms with Gasteiger partial charge in [0.25, 0.3) is 5.91 Å². The van der Waals surface area contributed by atoms with Crippen LogP contribution in [0.4, 0.5) is 0 Å². The van der Waals surface area contributed by atoms with Crippen molar-refractivity contribution >= 4 is 63.2 Å². The fourth-order valence-corrected chi connectivity index (χ4v) is 6.00. The van der Waals surface area contributed by atoms with Gasteiger partial charge in [-0.25, -0.2) is 5.43 Å². The standard InChI is InChI=1S/C18H16BrClN2O3S2/c19-13-7-12(17(24)15(20)8-13)9-21-22-16(23)10-25-14-3-1-11(2-4-14)18-26-5-6-27-18/h1-4,7-9,18,24H,5-6,10H2,(H,22,23)/b21-9+. The van der Waals surface area contributed by atoms with E-state index < -0.39 is 5.91 Å². The maximum atomic E-state index is 11.8. The number of ether oxygens (including phenoxy) is 1. The Labute approximate surface area is 179 Å². The van der Waals surface area contributed by atoms with Crippen molar-refractivity contribution in [2.75, 3.05) is 18.1 Å². The molecule has 0 bridgehead atoms. The third-order valence-electron chi connectivity index (χ3n) is 3.59. The zero-order valence-corrected chi connectivity index (χ0v) is 18.0. The summed E-state index contributed by atoms with van der Waals surface area (Å²) in [6, 6.07) is 11.0. The minimum absolute atomic E-state index is 0.104. The lowest BCUT2D eigenvalue weighted by Crippen LogP contribution is -2.24. The molecular weight excluding hydrogens is 472 g/mol. The van der Waals surface area contributed by atoms with Gasteiger partial charge in [-0.3, -0.25) is 4.79 Å². The fraction of sp³-hybridized carbons (Fsp3) is 0.222. The molecule has 1 aliphatic heterocycles. The quantitative estimate of drug-likeness (QED) is 0.452. The van der Waals surface area contributed by atoms with E-state index in [-0.39, 0.29) is 17.4 Å². The normalized spacial score (nSPS) is 14.6. The van der Waals surface area contributed by atoms with Gasteiger partial charge in [0, 0.05) is 21.5 Å². The van der Waals surface area contributed by atoms with Gasteiger partial charge >= 0.3 is 0 Å². The second-order valence-corrected chi connectivity index (χ2v) is 9.60. The Morgan fingerprint density at radius 1 is 1.33 bits per heavy atom. The van der Waals surface area contributed by atoms with Gasteiger partial charge in [-0.15, -0.1) is 23.5 Å². The highest BCUT2D eigenvalue weighted by Gasteiger charge is 2.18. The van der Waals surface area contributed by atoms with Crippen LogP contribution in [0, 0.1) is 0 Å². The van der Waals surface area contributed by atoms with E-state index in [1.165, 1.54) is 23.3 Å². The molecule has 2 aromatic rings. The number of amides is 1. The molecule has 1 amide bonds. The van der Waals surface area contributed by atoms with E-state index in [0.717, 1.165) is 0 Å². The monoisotopic (exact) mass is 486 g/mol. The molecule has 0 atom stereocenters. The maximum Gasteiger partial charge on any atom is 0.277 e. The minimum atomic E-state index is -0.405. The van der Waals surface area contributed by atoms with E-state index in [0.29, 0.717) is 20.4 Å². The van der Waals surface area contributed by atoms with Crippen molar-refractivity contribution < 1.29 is 14.6 Å². The first-order chi connectivity index (χ1) is 13.0. The van der Waals surface area contributed by atoms with Gasteiger partial charge in [0.2, 0.25) is 0 Å². The highest BCUT2D eigenvalue weighted by molar-refractivity contribution is 9.10. The Kier molecular flexibility index (Phi) is 7.34. The maximum absolute atomic E-state index is 11.8. The Morgan fingerprint density at radius 2 is 2.04 bits per heavy atom. The number of hydrazone groups is 1. The highest BCUT2D eigenvalue weighted by Crippen LogP contribution is 2.45. The van der Waals surface area contributed by atoms with Gasteiger partial charge in [-0.05, 0) is 29.8 Å². The molecule has 0 spiro atoms. The smallest absolute Gasteiger partial charge is 0.277 e. The van der Waals surface area contributed by atoms with Gasteiger partial charge in [-0.2, -0.15) is 5.10 Å². The van der Waals surface area contributed by atoms with Crippen LogP contribution < -0.4 is 10.2 Å². The molecular formula is C18H16BrClN2O3S2. The molecule has 0 unspecified atom stereocenters. The minimum Gasteiger partial charge on any atom is -0.506 e. The summed E-state index contributed by atoms with van der Waals surface area (Å²) in [4.78, 5) is 11.8. The number of hydrogen-bond acceptors (Lipinski definition) is 6. The third kappa shape index (κ3) is 5.81. The summed E-state index contributed by atoms with van der Waals surface area (Å²) in [5, 5.41) is 13.9. The largest absolute Gasteiger partial charge is 0.506 e. The van der Waals surface area contributed by atoms with Crippen LogP contribution in [0.3, 0.4) is 0 Å². The lowest BCUT2D eigenvalue weighted by atomic mass is 10.2. The van der Waals surface area contributed by atoms with Gasteiger partial charge in [0.05, 0.1) is 15.8 Å². The Hall–Kier alpha value is -1.35. The zero-order valence-electron chi connectivity index (χ0n) is 14.0. The summed E-state index contributed by atoms with van der Waals surface area (Å²) >= 11 is 13.0. The Morgan fingerprint density at radius 3 is 2.74 bits per heavy atom. The van der Waals surface area contributed by atoms with Crippen molar-refractivity contribution in [1.29, 1.82) is 0 Å². The summed E-state index contributed by atoms with van der Waals surface area (Å²) in [5.74, 6) is 2.48. The molecule has 0 aromatic heterocycles. The molecule has 0 aliphatic carbocycles. The molecule has 1 saturated heterocycles. The molecule has 5 nitrogen and oxygen atoms in total. The van der Waals surface area contributed by atoms with Crippen molar-refractivity contribution in [3.05, 3.63) is 57.0 Å². The summed E-state index contributed by atoms with van der Waals surface area (Å²) in [7, 11) is 0. The van der Waals surface area contributed by atoms with Crippen LogP contribution >= 0.6 is 51.1 Å². The Balaban J connectivity index is 1.48. The molecule has 3 rings (SSSR count). The lowest BCUT2D eigenvalue weighted by Gasteiger charge is -2.10. The predicted molar refractivity (Wildman–Crippen MR) is 116 cm³/mol. The SMILES string of the molecule is O=C(COc1ccc(C2SCCS2)cc1)N/N=C/c1cc(Br)cc(Cl)c1O. The van der Waals surface area contributed by atoms with Crippen LogP contribution in [-0.2, 0) is 4.79 Å². The summed E-state index contributed by atoms with van der Waals surface area (Å²) < 4.78 is 6.65. The van der Waals surface area contributed by atoms with E-state index in [2.05, 4.69) is 26.5 Å². The molecule has 142 valence electrons. The van der Waals surface area contributed by atoms with Crippen LogP contribution in [-0.4, -0.2) is 35.3 Å². The number of hydrogen-bond donors (Lipinski definition) is 2. The summed E-state index contributed by atoms with van der Waals surface area (Å²) in [6.07, 6.45) is 1.32. The van der Waals surface area contributed by atoms with Crippen molar-refractivity contribution in [1.82, 2.24) is 5.43 Å². The van der Waals surface area contributed by atoms with E-state index in [1.807, 2.05) is 47.8 Å². The number of rotatable bonds is 6. The van der Waals surface area contributed by atoms with Crippen LogP contribution in [0.15, 0.2) is 46.0 Å². The summed E-state index contributed by atoms with van der Waals surface area (Å²) in [6.45, 7) is -0.158. The van der Waals surface area contributed by atoms with E-state index >= 15 is 0 Å². The first-order valence-corrected chi connectivity index (χ1v) is 11.3. The number of carbonyl (C=O) groups excluding carboxylic acids is 1. The fourth-order valence-electron chi connectivity index (χ4n) is 2.31. The molecule has 1 heterocycles. The van der Waals surface area contributed by atoms with Crippen molar-refractivity contribution in [3.8, 4) is 11.5 Å². The average molecular weight is 488 g/mol. The molecule has 1 fully saturated rings. The van der Waals surface area contributed by atoms with E-state index in [4.69, 9.17) is 16.3 Å². The number of carbonyl (C=O) groups is 1. The number of thioether (sulfide) groups is 2. The van der Waals surface area contributed by atoms with E-state index in [1.54, 1.807) is 12.1 Å². The van der Waals surface area contributed by atoms with Crippen molar-refractivity contribution in [2.45, 2.75) is 4.58 Å². The first kappa shape index (κ1) is 20.4. The van der Waals surface area contributed by atoms with Gasteiger partial charge in [0.1, 0.15) is 11.5 Å². The molecule has 0 radical (unpaired) electrons. The molecule has 27 heavy (non-hydrogen) atoms. The first-order valence-electron chi connectivity index (χ1n) is 7.99. The van der Waals surface area contributed by atoms with Crippen LogP contribution in [0.25, 0.3) is 0 Å². The molecule has 2 aromatic carbocycles. The van der Waals surface area contributed by atoms with Crippen molar-refractivity contribution in [3.63, 3.8) is 0 Å².